The van der Waals surface area contributed by atoms with Gasteiger partial charge in [0.2, 0.25) is 0 Å². The number of hydrogen-bond acceptors (Lipinski definition) is 5. The smallest absolute Gasteiger partial charge is 0.187 e. The lowest BCUT2D eigenvalue weighted by Gasteiger charge is -2.13. The number of rotatable bonds is 4. The molecule has 2 heterocycles. The molecule has 2 rings (SSSR count). The van der Waals surface area contributed by atoms with Crippen LogP contribution >= 0.6 is 22.9 Å². The first-order chi connectivity index (χ1) is 8.10. The molecule has 0 fully saturated rings. The first-order valence-electron chi connectivity index (χ1n) is 4.90. The van der Waals surface area contributed by atoms with Crippen molar-refractivity contribution < 1.29 is 4.79 Å². The van der Waals surface area contributed by atoms with Crippen LogP contribution in [-0.2, 0) is 13.6 Å². The third-order valence-electron chi connectivity index (χ3n) is 2.21. The largest absolute Gasteiger partial charge is 0.347 e. The molecule has 5 nitrogen and oxygen atoms in total. The van der Waals surface area contributed by atoms with Crippen molar-refractivity contribution in [1.29, 1.82) is 0 Å². The maximum atomic E-state index is 10.7. The van der Waals surface area contributed by atoms with E-state index < -0.39 is 0 Å². The summed E-state index contributed by atoms with van der Waals surface area (Å²) >= 11 is 7.10. The fraction of sp³-hybridized carbons (Fsp3) is 0.300. The Balaban J connectivity index is 2.13. The highest BCUT2D eigenvalue weighted by Gasteiger charge is 2.12. The summed E-state index contributed by atoms with van der Waals surface area (Å²) < 4.78 is 1.74. The number of aromatic nitrogens is 3. The summed E-state index contributed by atoms with van der Waals surface area (Å²) in [6, 6.07) is 0. The van der Waals surface area contributed by atoms with E-state index in [1.807, 2.05) is 25.2 Å². The van der Waals surface area contributed by atoms with Gasteiger partial charge in [-0.3, -0.25) is 9.48 Å². The molecule has 90 valence electrons. The SMILES string of the molecule is CN(Cc1cnn(C)c1)c1nc(Cl)c(C=O)s1. The number of nitrogens with zero attached hydrogens (tertiary/aromatic N) is 4. The minimum atomic E-state index is 0.262. The molecular weight excluding hydrogens is 260 g/mol. The lowest BCUT2D eigenvalue weighted by molar-refractivity contribution is 0.112. The zero-order valence-electron chi connectivity index (χ0n) is 9.42. The van der Waals surface area contributed by atoms with Gasteiger partial charge in [0.1, 0.15) is 4.88 Å². The van der Waals surface area contributed by atoms with Gasteiger partial charge in [-0.15, -0.1) is 0 Å². The monoisotopic (exact) mass is 270 g/mol. The molecule has 0 radical (unpaired) electrons. The molecule has 0 unspecified atom stereocenters. The number of thiazole rings is 1. The zero-order chi connectivity index (χ0) is 12.4. The van der Waals surface area contributed by atoms with E-state index in [4.69, 9.17) is 11.6 Å². The highest BCUT2D eigenvalue weighted by Crippen LogP contribution is 2.28. The topological polar surface area (TPSA) is 51.0 Å². The minimum absolute atomic E-state index is 0.262. The van der Waals surface area contributed by atoms with Crippen molar-refractivity contribution in [3.05, 3.63) is 28.0 Å². The number of carbonyl (C=O) groups is 1. The Hall–Kier alpha value is -1.40. The van der Waals surface area contributed by atoms with Crippen LogP contribution in [0.25, 0.3) is 0 Å². The standard InChI is InChI=1S/C10H11ClN4OS/c1-14(4-7-3-12-15(2)5-7)10-13-9(11)8(6-16)17-10/h3,5-6H,4H2,1-2H3. The van der Waals surface area contributed by atoms with E-state index in [0.29, 0.717) is 11.4 Å². The van der Waals surface area contributed by atoms with Crippen molar-refractivity contribution in [1.82, 2.24) is 14.8 Å². The first-order valence-corrected chi connectivity index (χ1v) is 6.09. The zero-order valence-corrected chi connectivity index (χ0v) is 11.0. The summed E-state index contributed by atoms with van der Waals surface area (Å²) in [6.07, 6.45) is 4.46. The van der Waals surface area contributed by atoms with Gasteiger partial charge in [0.15, 0.2) is 16.6 Å². The van der Waals surface area contributed by atoms with Gasteiger partial charge < -0.3 is 4.90 Å². The van der Waals surface area contributed by atoms with E-state index >= 15 is 0 Å². The van der Waals surface area contributed by atoms with Crippen LogP contribution in [0.3, 0.4) is 0 Å². The number of anilines is 1. The van der Waals surface area contributed by atoms with Crippen molar-refractivity contribution >= 4 is 34.4 Å². The van der Waals surface area contributed by atoms with Crippen LogP contribution in [0.4, 0.5) is 5.13 Å². The quantitative estimate of drug-likeness (QED) is 0.797. The number of halogens is 1. The Morgan fingerprint density at radius 1 is 1.65 bits per heavy atom. The fourth-order valence-electron chi connectivity index (χ4n) is 1.43. The molecule has 0 N–H and O–H groups in total. The molecule has 0 aliphatic rings. The summed E-state index contributed by atoms with van der Waals surface area (Å²) in [7, 11) is 3.77. The van der Waals surface area contributed by atoms with Gasteiger partial charge in [0.25, 0.3) is 0 Å². The van der Waals surface area contributed by atoms with Crippen LogP contribution in [0.5, 0.6) is 0 Å². The fourth-order valence-corrected chi connectivity index (χ4v) is 2.46. The molecule has 17 heavy (non-hydrogen) atoms. The summed E-state index contributed by atoms with van der Waals surface area (Å²) in [5.41, 5.74) is 1.08. The van der Waals surface area contributed by atoms with Crippen LogP contribution in [0.2, 0.25) is 5.15 Å². The van der Waals surface area contributed by atoms with Crippen LogP contribution in [0.15, 0.2) is 12.4 Å². The van der Waals surface area contributed by atoms with Gasteiger partial charge in [-0.2, -0.15) is 5.10 Å². The van der Waals surface area contributed by atoms with Crippen LogP contribution in [0.1, 0.15) is 15.2 Å². The minimum Gasteiger partial charge on any atom is -0.347 e. The highest BCUT2D eigenvalue weighted by molar-refractivity contribution is 7.17. The van der Waals surface area contributed by atoms with E-state index in [1.165, 1.54) is 11.3 Å². The molecule has 2 aromatic heterocycles. The Labute approximate surface area is 108 Å². The Kier molecular flexibility index (Phi) is 3.44. The molecule has 0 bridgehead atoms. The number of carbonyl (C=O) groups excluding carboxylic acids is 1. The molecule has 0 saturated heterocycles. The number of hydrogen-bond donors (Lipinski definition) is 0. The third kappa shape index (κ3) is 2.65. The van der Waals surface area contributed by atoms with Crippen LogP contribution in [-0.4, -0.2) is 28.1 Å². The van der Waals surface area contributed by atoms with Crippen molar-refractivity contribution in [2.75, 3.05) is 11.9 Å². The van der Waals surface area contributed by atoms with Gasteiger partial charge in [0.05, 0.1) is 6.20 Å². The van der Waals surface area contributed by atoms with Gasteiger partial charge in [0, 0.05) is 32.4 Å². The molecule has 7 heteroatoms. The van der Waals surface area contributed by atoms with E-state index in [0.717, 1.165) is 17.0 Å². The lowest BCUT2D eigenvalue weighted by atomic mass is 10.3. The lowest BCUT2D eigenvalue weighted by Crippen LogP contribution is -2.15. The van der Waals surface area contributed by atoms with Crippen molar-refractivity contribution in [2.24, 2.45) is 7.05 Å². The summed E-state index contributed by atoms with van der Waals surface area (Å²) in [5, 5.41) is 5.08. The van der Waals surface area contributed by atoms with Crippen molar-refractivity contribution in [3.8, 4) is 0 Å². The first kappa shape index (κ1) is 12.1. The molecule has 0 aromatic carbocycles. The van der Waals surface area contributed by atoms with Crippen LogP contribution in [0, 0.1) is 0 Å². The van der Waals surface area contributed by atoms with E-state index in [2.05, 4.69) is 10.1 Å². The molecule has 0 atom stereocenters. The number of aryl methyl sites for hydroxylation is 1. The van der Waals surface area contributed by atoms with E-state index in [-0.39, 0.29) is 5.15 Å². The van der Waals surface area contributed by atoms with Gasteiger partial charge in [-0.1, -0.05) is 22.9 Å². The van der Waals surface area contributed by atoms with E-state index in [9.17, 15) is 4.79 Å². The summed E-state index contributed by atoms with van der Waals surface area (Å²) in [4.78, 5) is 17.2. The molecule has 2 aromatic rings. The Morgan fingerprint density at radius 3 is 2.94 bits per heavy atom. The van der Waals surface area contributed by atoms with Gasteiger partial charge in [-0.25, -0.2) is 4.98 Å². The van der Waals surface area contributed by atoms with Gasteiger partial charge in [-0.05, 0) is 0 Å². The maximum Gasteiger partial charge on any atom is 0.187 e. The summed E-state index contributed by atoms with van der Waals surface area (Å²) in [6.45, 7) is 0.677. The van der Waals surface area contributed by atoms with E-state index in [1.54, 1.807) is 10.9 Å². The molecule has 0 aliphatic carbocycles. The highest BCUT2D eigenvalue weighted by atomic mass is 35.5. The Morgan fingerprint density at radius 2 is 2.41 bits per heavy atom. The van der Waals surface area contributed by atoms with Crippen LogP contribution < -0.4 is 4.90 Å². The second-order valence-corrected chi connectivity index (χ2v) is 5.01. The molecule has 0 spiro atoms. The Bertz CT molecular complexity index is 536. The molecule has 0 saturated carbocycles. The molecular formula is C10H11ClN4OS. The third-order valence-corrected chi connectivity index (χ3v) is 3.71. The maximum absolute atomic E-state index is 10.7. The van der Waals surface area contributed by atoms with Gasteiger partial charge >= 0.3 is 0 Å². The average Bonchev–Trinajstić information content (AvgIpc) is 2.85. The molecule has 0 aliphatic heterocycles. The predicted molar refractivity (Wildman–Crippen MR) is 67.8 cm³/mol. The normalized spacial score (nSPS) is 10.5. The van der Waals surface area contributed by atoms with Crippen molar-refractivity contribution in [3.63, 3.8) is 0 Å². The number of aldehydes is 1. The second kappa shape index (κ2) is 4.85. The average molecular weight is 271 g/mol. The van der Waals surface area contributed by atoms with Crippen molar-refractivity contribution in [2.45, 2.75) is 6.54 Å². The predicted octanol–water partition coefficient (Wildman–Crippen LogP) is 1.98. The second-order valence-electron chi connectivity index (χ2n) is 3.65. The summed E-state index contributed by atoms with van der Waals surface area (Å²) in [5.74, 6) is 0. The molecule has 0 amide bonds.